The number of nitrogens with one attached hydrogen (secondary N) is 1. The Morgan fingerprint density at radius 3 is 2.19 bits per heavy atom. The Hall–Kier alpha value is -2.92. The molecule has 1 atom stereocenters. The summed E-state index contributed by atoms with van der Waals surface area (Å²) in [6, 6.07) is 21.6. The minimum Gasteiger partial charge on any atom is -0.346 e. The van der Waals surface area contributed by atoms with Crippen LogP contribution in [0.15, 0.2) is 60.7 Å². The van der Waals surface area contributed by atoms with Gasteiger partial charge in [0.2, 0.25) is 5.91 Å². The van der Waals surface area contributed by atoms with E-state index in [0.717, 1.165) is 62.7 Å². The number of aromatic nitrogens is 2. The van der Waals surface area contributed by atoms with Gasteiger partial charge in [-0.15, -0.1) is 0 Å². The van der Waals surface area contributed by atoms with Crippen LogP contribution in [0.2, 0.25) is 0 Å². The van der Waals surface area contributed by atoms with E-state index >= 15 is 0 Å². The minimum atomic E-state index is 0.0814. The normalized spacial score (nSPS) is 19.4. The summed E-state index contributed by atoms with van der Waals surface area (Å²) in [5.41, 5.74) is 4.93. The number of H-pyrrole nitrogens is 1. The van der Waals surface area contributed by atoms with Gasteiger partial charge < -0.3 is 9.88 Å². The highest BCUT2D eigenvalue weighted by molar-refractivity contribution is 5.79. The van der Waals surface area contributed by atoms with E-state index in [2.05, 4.69) is 80.4 Å². The van der Waals surface area contributed by atoms with E-state index in [1.54, 1.807) is 0 Å². The fourth-order valence-corrected chi connectivity index (χ4v) is 5.18. The highest BCUT2D eigenvalue weighted by Gasteiger charge is 2.33. The van der Waals surface area contributed by atoms with Crippen LogP contribution in [0.25, 0.3) is 0 Å². The first-order chi connectivity index (χ1) is 15.2. The average molecular weight is 415 g/mol. The molecule has 1 N–H and O–H groups in total. The van der Waals surface area contributed by atoms with Crippen LogP contribution in [0.3, 0.4) is 0 Å². The Morgan fingerprint density at radius 2 is 1.58 bits per heavy atom. The molecule has 1 aromatic heterocycles. The number of aromatic amines is 1. The average Bonchev–Trinajstić information content (AvgIpc) is 3.20. The fraction of sp³-hybridized carbons (Fsp3) is 0.385. The van der Waals surface area contributed by atoms with Gasteiger partial charge in [-0.25, -0.2) is 4.98 Å². The van der Waals surface area contributed by atoms with Crippen LogP contribution < -0.4 is 0 Å². The Balaban J connectivity index is 1.27. The number of hydrogen-bond acceptors (Lipinski definition) is 3. The standard InChI is InChI=1S/C26H30N4O/c1-19-27-23-13-12-22(18-24(23)28-19)26(31)30-16-14-29(15-17-30)25(20-8-4-2-5-9-20)21-10-6-3-7-11-21/h2-11,22,25H,12-18H2,1H3,(H,27,28). The number of fused-ring (bicyclic) bond motifs is 1. The highest BCUT2D eigenvalue weighted by atomic mass is 16.2. The highest BCUT2D eigenvalue weighted by Crippen LogP contribution is 2.30. The zero-order chi connectivity index (χ0) is 21.2. The van der Waals surface area contributed by atoms with Gasteiger partial charge in [0, 0.05) is 44.2 Å². The van der Waals surface area contributed by atoms with Gasteiger partial charge >= 0.3 is 0 Å². The summed E-state index contributed by atoms with van der Waals surface area (Å²) in [6.45, 7) is 5.35. The van der Waals surface area contributed by atoms with E-state index in [1.165, 1.54) is 11.1 Å². The largest absolute Gasteiger partial charge is 0.346 e. The van der Waals surface area contributed by atoms with Gasteiger partial charge in [-0.3, -0.25) is 9.69 Å². The number of amides is 1. The maximum atomic E-state index is 13.3. The lowest BCUT2D eigenvalue weighted by atomic mass is 9.88. The van der Waals surface area contributed by atoms with E-state index < -0.39 is 0 Å². The number of aryl methyl sites for hydroxylation is 2. The molecule has 2 heterocycles. The molecular formula is C26H30N4O. The van der Waals surface area contributed by atoms with E-state index in [4.69, 9.17) is 0 Å². The number of rotatable bonds is 4. The monoisotopic (exact) mass is 414 g/mol. The van der Waals surface area contributed by atoms with Crippen LogP contribution >= 0.6 is 0 Å². The van der Waals surface area contributed by atoms with Gasteiger partial charge in [0.15, 0.2) is 0 Å². The van der Waals surface area contributed by atoms with Crippen LogP contribution in [0.1, 0.15) is 40.8 Å². The third kappa shape index (κ3) is 4.15. The van der Waals surface area contributed by atoms with E-state index in [-0.39, 0.29) is 12.0 Å². The molecule has 0 radical (unpaired) electrons. The molecule has 31 heavy (non-hydrogen) atoms. The summed E-state index contributed by atoms with van der Waals surface area (Å²) < 4.78 is 0. The second-order valence-corrected chi connectivity index (χ2v) is 8.77. The Morgan fingerprint density at radius 1 is 0.968 bits per heavy atom. The SMILES string of the molecule is Cc1nc2c([nH]1)CC(C(=O)N1CCN(C(c3ccccc3)c3ccccc3)CC1)CC2. The van der Waals surface area contributed by atoms with Crippen LogP contribution in [0.5, 0.6) is 0 Å². The lowest BCUT2D eigenvalue weighted by Gasteiger charge is -2.41. The number of piperazine rings is 1. The van der Waals surface area contributed by atoms with Crippen molar-refractivity contribution in [1.82, 2.24) is 19.8 Å². The number of benzene rings is 2. The molecule has 1 aliphatic carbocycles. The lowest BCUT2D eigenvalue weighted by Crippen LogP contribution is -2.51. The van der Waals surface area contributed by atoms with Crippen molar-refractivity contribution in [2.45, 2.75) is 32.2 Å². The van der Waals surface area contributed by atoms with Gasteiger partial charge in [0.25, 0.3) is 0 Å². The number of nitrogens with zero attached hydrogens (tertiary/aromatic N) is 3. The number of hydrogen-bond donors (Lipinski definition) is 1. The van der Waals surface area contributed by atoms with Crippen molar-refractivity contribution in [1.29, 1.82) is 0 Å². The van der Waals surface area contributed by atoms with Crippen molar-refractivity contribution in [3.63, 3.8) is 0 Å². The van der Waals surface area contributed by atoms with Crippen molar-refractivity contribution in [3.8, 4) is 0 Å². The predicted octanol–water partition coefficient (Wildman–Crippen LogP) is 3.76. The third-order valence-corrected chi connectivity index (χ3v) is 6.73. The predicted molar refractivity (Wildman–Crippen MR) is 122 cm³/mol. The quantitative estimate of drug-likeness (QED) is 0.707. The van der Waals surface area contributed by atoms with Crippen molar-refractivity contribution in [3.05, 3.63) is 89.0 Å². The van der Waals surface area contributed by atoms with E-state index in [1.807, 2.05) is 6.92 Å². The maximum Gasteiger partial charge on any atom is 0.226 e. The summed E-state index contributed by atoms with van der Waals surface area (Å²) in [5, 5.41) is 0. The van der Waals surface area contributed by atoms with Gasteiger partial charge in [0.05, 0.1) is 11.7 Å². The summed E-state index contributed by atoms with van der Waals surface area (Å²) in [7, 11) is 0. The molecule has 5 rings (SSSR count). The van der Waals surface area contributed by atoms with Gasteiger partial charge in [0.1, 0.15) is 5.82 Å². The smallest absolute Gasteiger partial charge is 0.226 e. The zero-order valence-corrected chi connectivity index (χ0v) is 18.1. The van der Waals surface area contributed by atoms with Crippen molar-refractivity contribution >= 4 is 5.91 Å². The Labute approximate surface area is 184 Å². The molecule has 1 aliphatic heterocycles. The van der Waals surface area contributed by atoms with Gasteiger partial charge in [-0.1, -0.05) is 60.7 Å². The zero-order valence-electron chi connectivity index (χ0n) is 18.1. The van der Waals surface area contributed by atoms with Crippen LogP contribution in [-0.2, 0) is 17.6 Å². The van der Waals surface area contributed by atoms with E-state index in [0.29, 0.717) is 5.91 Å². The Kier molecular flexibility index (Phi) is 5.60. The number of imidazole rings is 1. The van der Waals surface area contributed by atoms with Crippen molar-refractivity contribution in [2.24, 2.45) is 5.92 Å². The first-order valence-electron chi connectivity index (χ1n) is 11.4. The van der Waals surface area contributed by atoms with Crippen LogP contribution in [-0.4, -0.2) is 51.9 Å². The molecule has 0 bridgehead atoms. The summed E-state index contributed by atoms with van der Waals surface area (Å²) in [6.07, 6.45) is 2.61. The first-order valence-corrected chi connectivity index (χ1v) is 11.4. The van der Waals surface area contributed by atoms with Gasteiger partial charge in [-0.2, -0.15) is 0 Å². The van der Waals surface area contributed by atoms with E-state index in [9.17, 15) is 4.79 Å². The molecule has 2 aromatic carbocycles. The molecule has 1 amide bonds. The molecular weight excluding hydrogens is 384 g/mol. The van der Waals surface area contributed by atoms with Crippen molar-refractivity contribution in [2.75, 3.05) is 26.2 Å². The summed E-state index contributed by atoms with van der Waals surface area (Å²) in [5.74, 6) is 1.35. The molecule has 160 valence electrons. The molecule has 1 saturated heterocycles. The molecule has 0 saturated carbocycles. The lowest BCUT2D eigenvalue weighted by molar-refractivity contribution is -0.138. The second-order valence-electron chi connectivity index (χ2n) is 8.77. The maximum absolute atomic E-state index is 13.3. The molecule has 1 fully saturated rings. The molecule has 1 unspecified atom stereocenters. The third-order valence-electron chi connectivity index (χ3n) is 6.73. The van der Waals surface area contributed by atoms with Gasteiger partial charge in [-0.05, 0) is 30.9 Å². The minimum absolute atomic E-state index is 0.0814. The fourth-order valence-electron chi connectivity index (χ4n) is 5.18. The van der Waals surface area contributed by atoms with Crippen LogP contribution in [0.4, 0.5) is 0 Å². The van der Waals surface area contributed by atoms with Crippen LogP contribution in [0, 0.1) is 12.8 Å². The van der Waals surface area contributed by atoms with Crippen molar-refractivity contribution < 1.29 is 4.79 Å². The topological polar surface area (TPSA) is 52.2 Å². The second kappa shape index (κ2) is 8.67. The summed E-state index contributed by atoms with van der Waals surface area (Å²) in [4.78, 5) is 25.8. The number of carbonyl (C=O) groups is 1. The summed E-state index contributed by atoms with van der Waals surface area (Å²) >= 11 is 0. The molecule has 0 spiro atoms. The number of carbonyl (C=O) groups excluding carboxylic acids is 1. The molecule has 5 heteroatoms. The molecule has 2 aliphatic rings. The molecule has 5 nitrogen and oxygen atoms in total. The molecule has 3 aromatic rings. The first kappa shape index (κ1) is 20.0. The Bertz CT molecular complexity index is 983.